The smallest absolute Gasteiger partial charge is 0.192 e. The van der Waals surface area contributed by atoms with Gasteiger partial charge in [0.05, 0.1) is 18.9 Å². The molecule has 0 spiro atoms. The highest BCUT2D eigenvalue weighted by molar-refractivity contribution is 6.74. The Labute approximate surface area is 123 Å². The van der Waals surface area contributed by atoms with E-state index in [0.717, 1.165) is 16.8 Å². The van der Waals surface area contributed by atoms with E-state index in [4.69, 9.17) is 9.53 Å². The fourth-order valence-electron chi connectivity index (χ4n) is 1.48. The second-order valence-electron chi connectivity index (χ2n) is 6.79. The summed E-state index contributed by atoms with van der Waals surface area (Å²) in [4.78, 5) is 4.29. The summed E-state index contributed by atoms with van der Waals surface area (Å²) in [5.74, 6) is 0. The molecule has 0 aliphatic heterocycles. The SMILES string of the molecule is CC(=Cc1cc(CO)ccn1)CO[Si](C)(C)C(C)(C)C. The number of hydrogen-bond acceptors (Lipinski definition) is 3. The minimum absolute atomic E-state index is 0.0445. The Morgan fingerprint density at radius 2 is 2.05 bits per heavy atom. The maximum atomic E-state index is 9.13. The van der Waals surface area contributed by atoms with Crippen LogP contribution in [0.2, 0.25) is 18.1 Å². The van der Waals surface area contributed by atoms with Crippen LogP contribution in [0.15, 0.2) is 23.9 Å². The number of aliphatic hydroxyl groups excluding tert-OH is 1. The molecule has 0 amide bonds. The van der Waals surface area contributed by atoms with Crippen LogP contribution in [0.1, 0.15) is 39.0 Å². The van der Waals surface area contributed by atoms with Crippen LogP contribution in [-0.2, 0) is 11.0 Å². The molecular weight excluding hydrogens is 266 g/mol. The Morgan fingerprint density at radius 3 is 2.60 bits per heavy atom. The van der Waals surface area contributed by atoms with Gasteiger partial charge in [0.1, 0.15) is 0 Å². The van der Waals surface area contributed by atoms with E-state index in [1.807, 2.05) is 18.2 Å². The van der Waals surface area contributed by atoms with E-state index in [1.165, 1.54) is 0 Å². The van der Waals surface area contributed by atoms with Gasteiger partial charge in [-0.3, -0.25) is 4.98 Å². The lowest BCUT2D eigenvalue weighted by Gasteiger charge is -2.36. The third-order valence-electron chi connectivity index (χ3n) is 3.89. The van der Waals surface area contributed by atoms with Crippen LogP contribution in [0.5, 0.6) is 0 Å². The van der Waals surface area contributed by atoms with Crippen molar-refractivity contribution >= 4 is 14.4 Å². The van der Waals surface area contributed by atoms with Crippen LogP contribution < -0.4 is 0 Å². The molecule has 0 aromatic carbocycles. The van der Waals surface area contributed by atoms with E-state index in [9.17, 15) is 0 Å². The van der Waals surface area contributed by atoms with Crippen molar-refractivity contribution in [3.63, 3.8) is 0 Å². The molecule has 0 aliphatic rings. The lowest BCUT2D eigenvalue weighted by molar-refractivity contribution is 0.281. The molecule has 0 fully saturated rings. The maximum Gasteiger partial charge on any atom is 0.192 e. The van der Waals surface area contributed by atoms with Crippen molar-refractivity contribution in [2.45, 2.75) is 52.4 Å². The van der Waals surface area contributed by atoms with Crippen molar-refractivity contribution in [2.75, 3.05) is 6.61 Å². The van der Waals surface area contributed by atoms with E-state index < -0.39 is 8.32 Å². The fourth-order valence-corrected chi connectivity index (χ4v) is 2.50. The van der Waals surface area contributed by atoms with Gasteiger partial charge in [-0.25, -0.2) is 0 Å². The van der Waals surface area contributed by atoms with Gasteiger partial charge in [0, 0.05) is 6.20 Å². The van der Waals surface area contributed by atoms with Crippen molar-refractivity contribution in [1.29, 1.82) is 0 Å². The average molecular weight is 293 g/mol. The third-order valence-corrected chi connectivity index (χ3v) is 8.37. The zero-order valence-corrected chi connectivity index (χ0v) is 14.5. The summed E-state index contributed by atoms with van der Waals surface area (Å²) >= 11 is 0. The maximum absolute atomic E-state index is 9.13. The number of nitrogens with zero attached hydrogens (tertiary/aromatic N) is 1. The van der Waals surface area contributed by atoms with Gasteiger partial charge < -0.3 is 9.53 Å². The lowest BCUT2D eigenvalue weighted by atomic mass is 10.2. The molecule has 3 nitrogen and oxygen atoms in total. The highest BCUT2D eigenvalue weighted by Gasteiger charge is 2.36. The Bertz CT molecular complexity index is 476. The van der Waals surface area contributed by atoms with Gasteiger partial charge in [-0.2, -0.15) is 0 Å². The van der Waals surface area contributed by atoms with E-state index in [-0.39, 0.29) is 11.6 Å². The molecule has 0 radical (unpaired) electrons. The van der Waals surface area contributed by atoms with Crippen LogP contribution in [0.25, 0.3) is 6.08 Å². The quantitative estimate of drug-likeness (QED) is 0.834. The molecule has 1 aromatic heterocycles. The van der Waals surface area contributed by atoms with Gasteiger partial charge >= 0.3 is 0 Å². The predicted octanol–water partition coefficient (Wildman–Crippen LogP) is 4.00. The Balaban J connectivity index is 2.71. The molecule has 4 heteroatoms. The molecule has 0 bridgehead atoms. The second kappa shape index (κ2) is 6.65. The summed E-state index contributed by atoms with van der Waals surface area (Å²) < 4.78 is 6.18. The summed E-state index contributed by atoms with van der Waals surface area (Å²) in [6.45, 7) is 14.0. The monoisotopic (exact) mass is 293 g/mol. The van der Waals surface area contributed by atoms with Crippen LogP contribution >= 0.6 is 0 Å². The highest BCUT2D eigenvalue weighted by atomic mass is 28.4. The van der Waals surface area contributed by atoms with E-state index in [2.05, 4.69) is 45.8 Å². The average Bonchev–Trinajstić information content (AvgIpc) is 2.35. The molecule has 0 saturated carbocycles. The van der Waals surface area contributed by atoms with Crippen LogP contribution in [0, 0.1) is 0 Å². The number of rotatable bonds is 5. The third kappa shape index (κ3) is 4.85. The first-order chi connectivity index (χ1) is 9.15. The molecule has 1 heterocycles. The van der Waals surface area contributed by atoms with Crippen molar-refractivity contribution in [3.05, 3.63) is 35.2 Å². The Morgan fingerprint density at radius 1 is 1.40 bits per heavy atom. The molecular formula is C16H27NO2Si. The lowest BCUT2D eigenvalue weighted by Crippen LogP contribution is -2.41. The van der Waals surface area contributed by atoms with Crippen LogP contribution in [0.3, 0.4) is 0 Å². The predicted molar refractivity (Wildman–Crippen MR) is 87.0 cm³/mol. The number of aromatic nitrogens is 1. The zero-order valence-electron chi connectivity index (χ0n) is 13.5. The first-order valence-corrected chi connectivity index (χ1v) is 9.93. The fraction of sp³-hybridized carbons (Fsp3) is 0.562. The molecule has 0 saturated heterocycles. The van der Waals surface area contributed by atoms with E-state index in [1.54, 1.807) is 6.20 Å². The van der Waals surface area contributed by atoms with Gasteiger partial charge in [-0.15, -0.1) is 0 Å². The molecule has 112 valence electrons. The number of aliphatic hydroxyl groups is 1. The largest absolute Gasteiger partial charge is 0.413 e. The molecule has 1 rings (SSSR count). The van der Waals surface area contributed by atoms with Gasteiger partial charge in [0.25, 0.3) is 0 Å². The van der Waals surface area contributed by atoms with Crippen molar-refractivity contribution in [1.82, 2.24) is 4.98 Å². The number of pyridine rings is 1. The molecule has 0 unspecified atom stereocenters. The van der Waals surface area contributed by atoms with Crippen molar-refractivity contribution in [3.8, 4) is 0 Å². The summed E-state index contributed by atoms with van der Waals surface area (Å²) in [6.07, 6.45) is 3.74. The van der Waals surface area contributed by atoms with Gasteiger partial charge in [0.15, 0.2) is 8.32 Å². The summed E-state index contributed by atoms with van der Waals surface area (Å²) in [5, 5.41) is 9.35. The molecule has 1 N–H and O–H groups in total. The summed E-state index contributed by atoms with van der Waals surface area (Å²) in [5.41, 5.74) is 2.90. The van der Waals surface area contributed by atoms with Gasteiger partial charge in [-0.05, 0) is 54.4 Å². The Kier molecular flexibility index (Phi) is 5.68. The topological polar surface area (TPSA) is 42.4 Å². The van der Waals surface area contributed by atoms with Crippen LogP contribution in [-0.4, -0.2) is 25.0 Å². The molecule has 0 atom stereocenters. The van der Waals surface area contributed by atoms with Crippen molar-refractivity contribution < 1.29 is 9.53 Å². The summed E-state index contributed by atoms with van der Waals surface area (Å²) in [6, 6.07) is 3.72. The first kappa shape index (κ1) is 17.1. The van der Waals surface area contributed by atoms with Crippen LogP contribution in [0.4, 0.5) is 0 Å². The van der Waals surface area contributed by atoms with E-state index in [0.29, 0.717) is 6.61 Å². The molecule has 20 heavy (non-hydrogen) atoms. The van der Waals surface area contributed by atoms with E-state index >= 15 is 0 Å². The second-order valence-corrected chi connectivity index (χ2v) is 11.6. The standard InChI is InChI=1S/C16H27NO2Si/c1-13(12-19-20(5,6)16(2,3)4)9-15-10-14(11-18)7-8-17-15/h7-10,18H,11-12H2,1-6H3. The summed E-state index contributed by atoms with van der Waals surface area (Å²) in [7, 11) is -1.70. The zero-order chi connectivity index (χ0) is 15.4. The molecule has 0 aliphatic carbocycles. The normalized spacial score (nSPS) is 13.7. The first-order valence-electron chi connectivity index (χ1n) is 7.02. The van der Waals surface area contributed by atoms with Crippen molar-refractivity contribution in [2.24, 2.45) is 0 Å². The highest BCUT2D eigenvalue weighted by Crippen LogP contribution is 2.36. The Hall–Kier alpha value is -0.973. The molecule has 1 aromatic rings. The minimum Gasteiger partial charge on any atom is -0.413 e. The minimum atomic E-state index is -1.70. The van der Waals surface area contributed by atoms with Gasteiger partial charge in [-0.1, -0.05) is 20.8 Å². The van der Waals surface area contributed by atoms with Gasteiger partial charge in [0.2, 0.25) is 0 Å². The number of hydrogen-bond donors (Lipinski definition) is 1.